The van der Waals surface area contributed by atoms with Crippen molar-refractivity contribution in [3.05, 3.63) is 22.5 Å². The molecule has 0 bridgehead atoms. The van der Waals surface area contributed by atoms with Crippen LogP contribution in [0.25, 0.3) is 0 Å². The van der Waals surface area contributed by atoms with Crippen molar-refractivity contribution >= 4 is 23.9 Å². The van der Waals surface area contributed by atoms with Crippen LogP contribution in [0.5, 0.6) is 0 Å². The van der Waals surface area contributed by atoms with Gasteiger partial charge in [0.15, 0.2) is 0 Å². The first kappa shape index (κ1) is 18.2. The highest BCUT2D eigenvalue weighted by molar-refractivity contribution is 6.14. The van der Waals surface area contributed by atoms with Gasteiger partial charge in [0.05, 0.1) is 6.61 Å². The van der Waals surface area contributed by atoms with Gasteiger partial charge in [-0.25, -0.2) is 19.2 Å². The van der Waals surface area contributed by atoms with Crippen LogP contribution in [0.3, 0.4) is 0 Å². The maximum absolute atomic E-state index is 12.1. The van der Waals surface area contributed by atoms with Gasteiger partial charge in [0.25, 0.3) is 0 Å². The van der Waals surface area contributed by atoms with Crippen LogP contribution in [0.2, 0.25) is 0 Å². The van der Waals surface area contributed by atoms with Gasteiger partial charge in [-0.3, -0.25) is 0 Å². The molecular formula is C14H17NO8. The summed E-state index contributed by atoms with van der Waals surface area (Å²) < 4.78 is 5.76. The number of ether oxygens (including phenoxy) is 1. The summed E-state index contributed by atoms with van der Waals surface area (Å²) in [4.78, 5) is 46.4. The first-order chi connectivity index (χ1) is 10.8. The number of nitrogens with zero attached hydrogens (tertiary/aromatic N) is 1. The number of carbonyl (C=O) groups is 4. The van der Waals surface area contributed by atoms with Gasteiger partial charge in [0.2, 0.25) is 0 Å². The SMILES string of the molecule is CCCOC(=O)c1c(C(=O)O)c(C(=O)O)c(C(=O)O)n1CCC. The van der Waals surface area contributed by atoms with Crippen molar-refractivity contribution in [3.8, 4) is 0 Å². The molecule has 23 heavy (non-hydrogen) atoms. The summed E-state index contributed by atoms with van der Waals surface area (Å²) in [6.07, 6.45) is 0.835. The maximum Gasteiger partial charge on any atom is 0.355 e. The number of rotatable bonds is 8. The zero-order valence-electron chi connectivity index (χ0n) is 12.7. The van der Waals surface area contributed by atoms with E-state index in [1.165, 1.54) is 0 Å². The molecule has 3 N–H and O–H groups in total. The largest absolute Gasteiger partial charge is 0.478 e. The molecule has 0 unspecified atom stereocenters. The summed E-state index contributed by atoms with van der Waals surface area (Å²) in [5.41, 5.74) is -3.12. The number of carboxylic acid groups (broad SMARTS) is 3. The lowest BCUT2D eigenvalue weighted by Gasteiger charge is -2.10. The van der Waals surface area contributed by atoms with E-state index in [4.69, 9.17) is 4.74 Å². The zero-order chi connectivity index (χ0) is 17.7. The van der Waals surface area contributed by atoms with Crippen LogP contribution in [0, 0.1) is 0 Å². The van der Waals surface area contributed by atoms with Crippen LogP contribution in [0.15, 0.2) is 0 Å². The molecular weight excluding hydrogens is 310 g/mol. The third-order valence-electron chi connectivity index (χ3n) is 2.97. The normalized spacial score (nSPS) is 10.3. The fourth-order valence-corrected chi connectivity index (χ4v) is 2.18. The number of esters is 1. The van der Waals surface area contributed by atoms with Gasteiger partial charge in [-0.1, -0.05) is 13.8 Å². The highest BCUT2D eigenvalue weighted by atomic mass is 16.5. The Bertz CT molecular complexity index is 658. The molecule has 1 aromatic heterocycles. The second-order valence-corrected chi connectivity index (χ2v) is 4.65. The standard InChI is InChI=1S/C14H17NO8/c1-3-5-15-9(13(20)21)7(11(16)17)8(12(18)19)10(15)14(22)23-6-4-2/h3-6H2,1-2H3,(H,16,17)(H,18,19)(H,20,21). The minimum atomic E-state index is -1.74. The summed E-state index contributed by atoms with van der Waals surface area (Å²) in [6, 6.07) is 0. The van der Waals surface area contributed by atoms with Crippen LogP contribution >= 0.6 is 0 Å². The average Bonchev–Trinajstić information content (AvgIpc) is 2.80. The molecule has 0 aliphatic carbocycles. The van der Waals surface area contributed by atoms with E-state index >= 15 is 0 Å². The second-order valence-electron chi connectivity index (χ2n) is 4.65. The monoisotopic (exact) mass is 327 g/mol. The molecule has 0 spiro atoms. The van der Waals surface area contributed by atoms with Crippen molar-refractivity contribution in [2.24, 2.45) is 0 Å². The molecule has 9 nitrogen and oxygen atoms in total. The topological polar surface area (TPSA) is 143 Å². The molecule has 1 rings (SSSR count). The van der Waals surface area contributed by atoms with E-state index in [0.717, 1.165) is 4.57 Å². The molecule has 0 saturated heterocycles. The number of carbonyl (C=O) groups excluding carboxylic acids is 1. The maximum atomic E-state index is 12.1. The lowest BCUT2D eigenvalue weighted by molar-refractivity contribution is 0.0481. The van der Waals surface area contributed by atoms with Gasteiger partial charge >= 0.3 is 23.9 Å². The van der Waals surface area contributed by atoms with Crippen molar-refractivity contribution in [2.75, 3.05) is 6.61 Å². The minimum absolute atomic E-state index is 0.00000685. The number of aromatic carboxylic acids is 3. The predicted octanol–water partition coefficient (Wildman–Crippen LogP) is 1.56. The average molecular weight is 327 g/mol. The lowest BCUT2D eigenvalue weighted by Crippen LogP contribution is -2.18. The highest BCUT2D eigenvalue weighted by Crippen LogP contribution is 2.25. The van der Waals surface area contributed by atoms with Crippen molar-refractivity contribution in [2.45, 2.75) is 33.2 Å². The van der Waals surface area contributed by atoms with Gasteiger partial charge < -0.3 is 24.6 Å². The van der Waals surface area contributed by atoms with Crippen molar-refractivity contribution < 1.29 is 39.2 Å². The Labute approximate surface area is 131 Å². The number of hydrogen-bond donors (Lipinski definition) is 3. The van der Waals surface area contributed by atoms with Crippen molar-refractivity contribution in [1.29, 1.82) is 0 Å². The third kappa shape index (κ3) is 3.50. The number of carboxylic acids is 3. The molecule has 1 heterocycles. The van der Waals surface area contributed by atoms with Gasteiger partial charge in [0.1, 0.15) is 22.5 Å². The summed E-state index contributed by atoms with van der Waals surface area (Å²) in [7, 11) is 0. The molecule has 0 fully saturated rings. The van der Waals surface area contributed by atoms with Crippen LogP contribution in [0.4, 0.5) is 0 Å². The smallest absolute Gasteiger partial charge is 0.355 e. The summed E-state index contributed by atoms with van der Waals surface area (Å²) in [6.45, 7) is 3.36. The molecule has 126 valence electrons. The Balaban J connectivity index is 3.78. The molecule has 1 aromatic rings. The predicted molar refractivity (Wildman–Crippen MR) is 76.2 cm³/mol. The highest BCUT2D eigenvalue weighted by Gasteiger charge is 2.37. The first-order valence-corrected chi connectivity index (χ1v) is 6.91. The quantitative estimate of drug-likeness (QED) is 0.610. The van der Waals surface area contributed by atoms with E-state index in [0.29, 0.717) is 12.8 Å². The summed E-state index contributed by atoms with van der Waals surface area (Å²) in [5, 5.41) is 27.8. The van der Waals surface area contributed by atoms with Crippen molar-refractivity contribution in [1.82, 2.24) is 4.57 Å². The van der Waals surface area contributed by atoms with E-state index in [-0.39, 0.29) is 13.2 Å². The fraction of sp³-hybridized carbons (Fsp3) is 0.429. The van der Waals surface area contributed by atoms with Crippen LogP contribution in [-0.2, 0) is 11.3 Å². The molecule has 9 heteroatoms. The molecule has 0 saturated carbocycles. The number of hydrogen-bond acceptors (Lipinski definition) is 5. The Kier molecular flexibility index (Phi) is 5.88. The van der Waals surface area contributed by atoms with E-state index in [2.05, 4.69) is 0 Å². The Morgan fingerprint density at radius 3 is 1.78 bits per heavy atom. The molecule has 0 radical (unpaired) electrons. The van der Waals surface area contributed by atoms with E-state index < -0.39 is 46.4 Å². The zero-order valence-corrected chi connectivity index (χ0v) is 12.7. The van der Waals surface area contributed by atoms with E-state index in [9.17, 15) is 34.5 Å². The van der Waals surface area contributed by atoms with E-state index in [1.54, 1.807) is 13.8 Å². The van der Waals surface area contributed by atoms with Gasteiger partial charge in [-0.15, -0.1) is 0 Å². The van der Waals surface area contributed by atoms with Crippen LogP contribution in [-0.4, -0.2) is 50.4 Å². The fourth-order valence-electron chi connectivity index (χ4n) is 2.18. The van der Waals surface area contributed by atoms with Gasteiger partial charge in [-0.05, 0) is 12.8 Å². The van der Waals surface area contributed by atoms with Crippen LogP contribution < -0.4 is 0 Å². The number of aromatic nitrogens is 1. The second kappa shape index (κ2) is 7.43. The lowest BCUT2D eigenvalue weighted by atomic mass is 10.1. The molecule has 0 amide bonds. The first-order valence-electron chi connectivity index (χ1n) is 6.91. The summed E-state index contributed by atoms with van der Waals surface area (Å²) >= 11 is 0. The molecule has 0 aliphatic heterocycles. The van der Waals surface area contributed by atoms with E-state index in [1.807, 2.05) is 0 Å². The van der Waals surface area contributed by atoms with Crippen LogP contribution in [0.1, 0.15) is 68.4 Å². The Morgan fingerprint density at radius 2 is 1.39 bits per heavy atom. The minimum Gasteiger partial charge on any atom is -0.478 e. The summed E-state index contributed by atoms with van der Waals surface area (Å²) in [5.74, 6) is -6.14. The van der Waals surface area contributed by atoms with Gasteiger partial charge in [0, 0.05) is 6.54 Å². The van der Waals surface area contributed by atoms with Crippen molar-refractivity contribution in [3.63, 3.8) is 0 Å². The molecule has 0 atom stereocenters. The molecule has 0 aromatic carbocycles. The molecule has 0 aliphatic rings. The Hall–Kier alpha value is -2.84. The van der Waals surface area contributed by atoms with Gasteiger partial charge in [-0.2, -0.15) is 0 Å². The third-order valence-corrected chi connectivity index (χ3v) is 2.97. The Morgan fingerprint density at radius 1 is 0.870 bits per heavy atom.